The number of ether oxygens (including phenoxy) is 2. The Morgan fingerprint density at radius 3 is 2.60 bits per heavy atom. The molecule has 2 rings (SSSR count). The predicted molar refractivity (Wildman–Crippen MR) is 78.6 cm³/mol. The molecule has 0 aliphatic heterocycles. The Bertz CT molecular complexity index is 626. The average Bonchev–Trinajstić information content (AvgIpc) is 2.48. The van der Waals surface area contributed by atoms with Crippen LogP contribution in [-0.4, -0.2) is 13.1 Å². The fraction of sp³-hybridized carbons (Fsp3) is 0.133. The fourth-order valence-electron chi connectivity index (χ4n) is 1.64. The van der Waals surface area contributed by atoms with E-state index in [1.807, 2.05) is 6.07 Å². The van der Waals surface area contributed by atoms with E-state index in [-0.39, 0.29) is 5.97 Å². The number of hydrogen-bond donors (Lipinski definition) is 0. The molecule has 0 aliphatic carbocycles. The van der Waals surface area contributed by atoms with Crippen molar-refractivity contribution in [3.8, 4) is 5.75 Å². The largest absolute Gasteiger partial charge is 0.489 e. The number of hydrogen-bond acceptors (Lipinski definition) is 3. The van der Waals surface area contributed by atoms with Crippen LogP contribution in [0.25, 0.3) is 0 Å². The Balaban J connectivity index is 2.07. The molecule has 0 radical (unpaired) electrons. The molecule has 0 aliphatic rings. The van der Waals surface area contributed by atoms with E-state index in [1.165, 1.54) is 7.11 Å². The van der Waals surface area contributed by atoms with E-state index in [1.54, 1.807) is 36.4 Å². The van der Waals surface area contributed by atoms with Gasteiger partial charge in [-0.05, 0) is 29.8 Å². The molecule has 0 saturated heterocycles. The second-order valence-corrected chi connectivity index (χ2v) is 4.87. The number of methoxy groups -OCH3 is 1. The maximum Gasteiger partial charge on any atom is 0.337 e. The van der Waals surface area contributed by atoms with Crippen LogP contribution >= 0.6 is 23.2 Å². The highest BCUT2D eigenvalue weighted by Gasteiger charge is 2.06. The Morgan fingerprint density at radius 1 is 1.10 bits per heavy atom. The average molecular weight is 311 g/mol. The van der Waals surface area contributed by atoms with Crippen molar-refractivity contribution in [3.05, 3.63) is 63.6 Å². The number of carbonyl (C=O) groups excluding carboxylic acids is 1. The van der Waals surface area contributed by atoms with Crippen molar-refractivity contribution >= 4 is 29.2 Å². The molecule has 20 heavy (non-hydrogen) atoms. The molecule has 0 aromatic heterocycles. The number of carbonyl (C=O) groups is 1. The number of esters is 1. The van der Waals surface area contributed by atoms with Crippen LogP contribution in [0.1, 0.15) is 15.9 Å². The summed E-state index contributed by atoms with van der Waals surface area (Å²) in [5.41, 5.74) is 1.35. The van der Waals surface area contributed by atoms with Gasteiger partial charge in [-0.15, -0.1) is 0 Å². The van der Waals surface area contributed by atoms with Crippen LogP contribution in [0, 0.1) is 0 Å². The van der Waals surface area contributed by atoms with Crippen molar-refractivity contribution in [1.82, 2.24) is 0 Å². The first kappa shape index (κ1) is 14.7. The lowest BCUT2D eigenvalue weighted by Crippen LogP contribution is -2.03. The van der Waals surface area contributed by atoms with E-state index in [0.717, 1.165) is 5.56 Å². The summed E-state index contributed by atoms with van der Waals surface area (Å²) in [5.74, 6) is 0.240. The minimum atomic E-state index is -0.374. The van der Waals surface area contributed by atoms with Gasteiger partial charge in [-0.1, -0.05) is 35.3 Å². The van der Waals surface area contributed by atoms with Gasteiger partial charge in [0.25, 0.3) is 0 Å². The van der Waals surface area contributed by atoms with Gasteiger partial charge in [0.1, 0.15) is 12.4 Å². The van der Waals surface area contributed by atoms with Crippen molar-refractivity contribution in [2.75, 3.05) is 7.11 Å². The molecule has 5 heteroatoms. The van der Waals surface area contributed by atoms with Crippen LogP contribution in [0.2, 0.25) is 10.0 Å². The lowest BCUT2D eigenvalue weighted by Gasteiger charge is -2.08. The minimum absolute atomic E-state index is 0.322. The molecule has 0 spiro atoms. The van der Waals surface area contributed by atoms with Crippen molar-refractivity contribution in [1.29, 1.82) is 0 Å². The maximum atomic E-state index is 11.4. The SMILES string of the molecule is COC(=O)c1cccc(COc2ccc(Cl)c(Cl)c2)c1. The smallest absolute Gasteiger partial charge is 0.337 e. The molecule has 0 unspecified atom stereocenters. The second kappa shape index (κ2) is 6.64. The Morgan fingerprint density at radius 2 is 1.90 bits per heavy atom. The lowest BCUT2D eigenvalue weighted by molar-refractivity contribution is 0.0600. The monoisotopic (exact) mass is 310 g/mol. The Kier molecular flexibility index (Phi) is 4.88. The quantitative estimate of drug-likeness (QED) is 0.787. The standard InChI is InChI=1S/C15H12Cl2O3/c1-19-15(18)11-4-2-3-10(7-11)9-20-12-5-6-13(16)14(17)8-12/h2-8H,9H2,1H3. The second-order valence-electron chi connectivity index (χ2n) is 4.06. The molecule has 3 nitrogen and oxygen atoms in total. The first-order chi connectivity index (χ1) is 9.60. The lowest BCUT2D eigenvalue weighted by atomic mass is 10.1. The van der Waals surface area contributed by atoms with E-state index in [2.05, 4.69) is 4.74 Å². The summed E-state index contributed by atoms with van der Waals surface area (Å²) in [5, 5.41) is 0.916. The third-order valence-corrected chi connectivity index (χ3v) is 3.38. The summed E-state index contributed by atoms with van der Waals surface area (Å²) in [6, 6.07) is 12.1. The molecule has 2 aromatic carbocycles. The van der Waals surface area contributed by atoms with E-state index in [4.69, 9.17) is 27.9 Å². The van der Waals surface area contributed by atoms with E-state index in [0.29, 0.717) is 28.0 Å². The summed E-state index contributed by atoms with van der Waals surface area (Å²) in [6.07, 6.45) is 0. The number of benzene rings is 2. The number of rotatable bonds is 4. The van der Waals surface area contributed by atoms with Gasteiger partial charge in [0.2, 0.25) is 0 Å². The molecule has 0 heterocycles. The maximum absolute atomic E-state index is 11.4. The predicted octanol–water partition coefficient (Wildman–Crippen LogP) is 4.36. The van der Waals surface area contributed by atoms with Gasteiger partial charge in [0, 0.05) is 6.07 Å². The molecular formula is C15H12Cl2O3. The zero-order chi connectivity index (χ0) is 14.5. The van der Waals surface area contributed by atoms with Crippen molar-refractivity contribution < 1.29 is 14.3 Å². The zero-order valence-corrected chi connectivity index (χ0v) is 12.2. The minimum Gasteiger partial charge on any atom is -0.489 e. The van der Waals surface area contributed by atoms with Crippen molar-refractivity contribution in [3.63, 3.8) is 0 Å². The highest BCUT2D eigenvalue weighted by Crippen LogP contribution is 2.26. The van der Waals surface area contributed by atoms with E-state index in [9.17, 15) is 4.79 Å². The van der Waals surface area contributed by atoms with Crippen LogP contribution < -0.4 is 4.74 Å². The molecule has 0 atom stereocenters. The molecular weight excluding hydrogens is 299 g/mol. The Labute approximate surface area is 127 Å². The molecule has 104 valence electrons. The van der Waals surface area contributed by atoms with Crippen LogP contribution in [0.15, 0.2) is 42.5 Å². The van der Waals surface area contributed by atoms with Gasteiger partial charge >= 0.3 is 5.97 Å². The topological polar surface area (TPSA) is 35.5 Å². The van der Waals surface area contributed by atoms with Crippen molar-refractivity contribution in [2.24, 2.45) is 0 Å². The molecule has 0 amide bonds. The van der Waals surface area contributed by atoms with Gasteiger partial charge < -0.3 is 9.47 Å². The third-order valence-electron chi connectivity index (χ3n) is 2.64. The summed E-state index contributed by atoms with van der Waals surface area (Å²) in [7, 11) is 1.35. The fourth-order valence-corrected chi connectivity index (χ4v) is 1.93. The Hall–Kier alpha value is -1.71. The van der Waals surface area contributed by atoms with E-state index >= 15 is 0 Å². The zero-order valence-electron chi connectivity index (χ0n) is 10.7. The molecule has 0 fully saturated rings. The molecule has 0 N–H and O–H groups in total. The number of halogens is 2. The first-order valence-corrected chi connectivity index (χ1v) is 6.61. The summed E-state index contributed by atoms with van der Waals surface area (Å²) < 4.78 is 10.3. The molecule has 2 aromatic rings. The van der Waals surface area contributed by atoms with Crippen molar-refractivity contribution in [2.45, 2.75) is 6.61 Å². The van der Waals surface area contributed by atoms with Gasteiger partial charge in [-0.2, -0.15) is 0 Å². The van der Waals surface area contributed by atoms with Gasteiger partial charge in [0.05, 0.1) is 22.7 Å². The van der Waals surface area contributed by atoms with Crippen LogP contribution in [0.5, 0.6) is 5.75 Å². The van der Waals surface area contributed by atoms with Gasteiger partial charge in [-0.25, -0.2) is 4.79 Å². The summed E-state index contributed by atoms with van der Waals surface area (Å²) in [4.78, 5) is 11.4. The molecule has 0 bridgehead atoms. The van der Waals surface area contributed by atoms with Crippen LogP contribution in [0.4, 0.5) is 0 Å². The normalized spacial score (nSPS) is 10.2. The van der Waals surface area contributed by atoms with Gasteiger partial charge in [0.15, 0.2) is 0 Å². The van der Waals surface area contributed by atoms with Gasteiger partial charge in [-0.3, -0.25) is 0 Å². The summed E-state index contributed by atoms with van der Waals surface area (Å²) in [6.45, 7) is 0.322. The molecule has 0 saturated carbocycles. The first-order valence-electron chi connectivity index (χ1n) is 5.85. The van der Waals surface area contributed by atoms with Crippen LogP contribution in [-0.2, 0) is 11.3 Å². The highest BCUT2D eigenvalue weighted by atomic mass is 35.5. The third kappa shape index (κ3) is 3.65. The van der Waals surface area contributed by atoms with Crippen LogP contribution in [0.3, 0.4) is 0 Å². The summed E-state index contributed by atoms with van der Waals surface area (Å²) >= 11 is 11.7. The van der Waals surface area contributed by atoms with E-state index < -0.39 is 0 Å². The highest BCUT2D eigenvalue weighted by molar-refractivity contribution is 6.42.